The highest BCUT2D eigenvalue weighted by atomic mass is 35.5. The van der Waals surface area contributed by atoms with Crippen LogP contribution in [0.25, 0.3) is 0 Å². The fraction of sp³-hybridized carbons (Fsp3) is 0.250. The summed E-state index contributed by atoms with van der Waals surface area (Å²) < 4.78 is 13.0. The molecule has 1 N–H and O–H groups in total. The first kappa shape index (κ1) is 12.5. The number of hydrogen-bond donors (Lipinski definition) is 1. The largest absolute Gasteiger partial charge is 0.307 e. The Kier molecular flexibility index (Phi) is 3.76. The van der Waals surface area contributed by atoms with Crippen LogP contribution >= 0.6 is 22.9 Å². The highest BCUT2D eigenvalue weighted by Gasteiger charge is 2.18. The van der Waals surface area contributed by atoms with Crippen LogP contribution in [0.15, 0.2) is 23.6 Å². The molecule has 0 saturated heterocycles. The Balaban J connectivity index is 2.42. The third-order valence-electron chi connectivity index (χ3n) is 2.45. The normalized spacial score (nSPS) is 12.7. The maximum absolute atomic E-state index is 13.0. The van der Waals surface area contributed by atoms with Gasteiger partial charge in [-0.15, -0.1) is 11.3 Å². The van der Waals surface area contributed by atoms with E-state index >= 15 is 0 Å². The lowest BCUT2D eigenvalue weighted by molar-refractivity contribution is 0.623. The molecule has 1 aromatic heterocycles. The summed E-state index contributed by atoms with van der Waals surface area (Å²) in [5.74, 6) is -0.330. The Bertz CT molecular complexity index is 527. The van der Waals surface area contributed by atoms with E-state index in [-0.39, 0.29) is 11.9 Å². The van der Waals surface area contributed by atoms with Gasteiger partial charge in [0, 0.05) is 16.1 Å². The molecule has 2 aromatic rings. The summed E-state index contributed by atoms with van der Waals surface area (Å²) in [4.78, 5) is 4.43. The molecule has 1 aromatic carbocycles. The van der Waals surface area contributed by atoms with Gasteiger partial charge in [0.2, 0.25) is 0 Å². The fourth-order valence-corrected chi connectivity index (χ4v) is 2.85. The van der Waals surface area contributed by atoms with Crippen LogP contribution in [-0.2, 0) is 0 Å². The number of aryl methyl sites for hydroxylation is 1. The highest BCUT2D eigenvalue weighted by molar-refractivity contribution is 7.09. The van der Waals surface area contributed by atoms with Gasteiger partial charge in [-0.25, -0.2) is 9.37 Å². The van der Waals surface area contributed by atoms with Gasteiger partial charge < -0.3 is 5.32 Å². The lowest BCUT2D eigenvalue weighted by atomic mass is 10.1. The second-order valence-corrected chi connectivity index (χ2v) is 5.01. The van der Waals surface area contributed by atoms with Crippen molar-refractivity contribution in [2.45, 2.75) is 13.0 Å². The number of aromatic nitrogens is 1. The Morgan fingerprint density at radius 1 is 1.47 bits per heavy atom. The van der Waals surface area contributed by atoms with Gasteiger partial charge in [0.05, 0.1) is 6.04 Å². The van der Waals surface area contributed by atoms with E-state index in [0.717, 1.165) is 16.3 Å². The van der Waals surface area contributed by atoms with Crippen LogP contribution in [0.4, 0.5) is 4.39 Å². The van der Waals surface area contributed by atoms with Gasteiger partial charge in [-0.2, -0.15) is 0 Å². The molecule has 17 heavy (non-hydrogen) atoms. The molecule has 1 atom stereocenters. The molecule has 0 amide bonds. The van der Waals surface area contributed by atoms with Gasteiger partial charge in [-0.05, 0) is 31.7 Å². The summed E-state index contributed by atoms with van der Waals surface area (Å²) >= 11 is 7.62. The maximum Gasteiger partial charge on any atom is 0.124 e. The van der Waals surface area contributed by atoms with Gasteiger partial charge in [-0.3, -0.25) is 0 Å². The van der Waals surface area contributed by atoms with Crippen molar-refractivity contribution in [2.24, 2.45) is 0 Å². The predicted molar refractivity (Wildman–Crippen MR) is 69.2 cm³/mol. The molecule has 0 aliphatic rings. The van der Waals surface area contributed by atoms with E-state index in [4.69, 9.17) is 11.6 Å². The second-order valence-electron chi connectivity index (χ2n) is 3.71. The first-order valence-electron chi connectivity index (χ1n) is 5.16. The maximum atomic E-state index is 13.0. The van der Waals surface area contributed by atoms with Crippen LogP contribution in [0.3, 0.4) is 0 Å². The number of thiazole rings is 1. The average Bonchev–Trinajstić information content (AvgIpc) is 2.69. The van der Waals surface area contributed by atoms with Gasteiger partial charge in [0.15, 0.2) is 0 Å². The lowest BCUT2D eigenvalue weighted by Gasteiger charge is -2.15. The molecule has 0 saturated carbocycles. The molecule has 0 radical (unpaired) electrons. The van der Waals surface area contributed by atoms with E-state index in [1.807, 2.05) is 19.4 Å². The number of hydrogen-bond acceptors (Lipinski definition) is 3. The summed E-state index contributed by atoms with van der Waals surface area (Å²) in [6.07, 6.45) is 0. The second kappa shape index (κ2) is 5.12. The van der Waals surface area contributed by atoms with Gasteiger partial charge in [0.25, 0.3) is 0 Å². The minimum Gasteiger partial charge on any atom is -0.307 e. The molecule has 0 fully saturated rings. The van der Waals surface area contributed by atoms with E-state index in [1.165, 1.54) is 12.1 Å². The minimum atomic E-state index is -0.330. The quantitative estimate of drug-likeness (QED) is 0.923. The van der Waals surface area contributed by atoms with E-state index in [0.29, 0.717) is 5.02 Å². The summed E-state index contributed by atoms with van der Waals surface area (Å²) in [6.45, 7) is 1.94. The Hall–Kier alpha value is -0.970. The van der Waals surface area contributed by atoms with Crippen molar-refractivity contribution in [1.82, 2.24) is 10.3 Å². The van der Waals surface area contributed by atoms with E-state index in [1.54, 1.807) is 17.4 Å². The van der Waals surface area contributed by atoms with Gasteiger partial charge in [-0.1, -0.05) is 17.7 Å². The van der Waals surface area contributed by atoms with Crippen LogP contribution in [0.2, 0.25) is 5.02 Å². The summed E-state index contributed by atoms with van der Waals surface area (Å²) in [6, 6.07) is 4.32. The standard InChI is InChI=1S/C12H12ClFN2S/c1-7-6-17-12(16-7)11(15-2)9-4-3-8(14)5-10(9)13/h3-6,11,15H,1-2H3. The van der Waals surface area contributed by atoms with Gasteiger partial charge >= 0.3 is 0 Å². The van der Waals surface area contributed by atoms with E-state index < -0.39 is 0 Å². The lowest BCUT2D eigenvalue weighted by Crippen LogP contribution is -2.18. The van der Waals surface area contributed by atoms with Crippen molar-refractivity contribution in [3.05, 3.63) is 50.7 Å². The van der Waals surface area contributed by atoms with E-state index in [2.05, 4.69) is 10.3 Å². The third kappa shape index (κ3) is 2.65. The van der Waals surface area contributed by atoms with Crippen molar-refractivity contribution < 1.29 is 4.39 Å². The molecule has 0 bridgehead atoms. The summed E-state index contributed by atoms with van der Waals surface area (Å²) in [7, 11) is 1.83. The Labute approximate surface area is 108 Å². The molecule has 0 aliphatic carbocycles. The highest BCUT2D eigenvalue weighted by Crippen LogP contribution is 2.30. The first-order chi connectivity index (χ1) is 8.11. The van der Waals surface area contributed by atoms with Crippen molar-refractivity contribution in [3.63, 3.8) is 0 Å². The average molecular weight is 271 g/mol. The summed E-state index contributed by atoms with van der Waals surface area (Å²) in [5.41, 5.74) is 1.81. The van der Waals surface area contributed by atoms with Crippen molar-refractivity contribution in [1.29, 1.82) is 0 Å². The third-order valence-corrected chi connectivity index (χ3v) is 3.80. The topological polar surface area (TPSA) is 24.9 Å². The van der Waals surface area contributed by atoms with Crippen LogP contribution in [0.5, 0.6) is 0 Å². The molecule has 2 nitrogen and oxygen atoms in total. The number of nitrogens with one attached hydrogen (secondary N) is 1. The fourth-order valence-electron chi connectivity index (χ4n) is 1.65. The molecule has 5 heteroatoms. The van der Waals surface area contributed by atoms with Crippen LogP contribution < -0.4 is 5.32 Å². The molecular weight excluding hydrogens is 259 g/mol. The molecule has 1 unspecified atom stereocenters. The van der Waals surface area contributed by atoms with Crippen LogP contribution in [-0.4, -0.2) is 12.0 Å². The van der Waals surface area contributed by atoms with Crippen molar-refractivity contribution in [2.75, 3.05) is 7.05 Å². The zero-order chi connectivity index (χ0) is 12.4. The van der Waals surface area contributed by atoms with Gasteiger partial charge in [0.1, 0.15) is 10.8 Å². The summed E-state index contributed by atoms with van der Waals surface area (Å²) in [5, 5.41) is 6.48. The SMILES string of the molecule is CNC(c1nc(C)cs1)c1ccc(F)cc1Cl. The monoisotopic (exact) mass is 270 g/mol. The zero-order valence-electron chi connectivity index (χ0n) is 9.50. The Morgan fingerprint density at radius 2 is 2.24 bits per heavy atom. The van der Waals surface area contributed by atoms with E-state index in [9.17, 15) is 4.39 Å². The smallest absolute Gasteiger partial charge is 0.124 e. The number of rotatable bonds is 3. The molecule has 0 spiro atoms. The zero-order valence-corrected chi connectivity index (χ0v) is 11.1. The van der Waals surface area contributed by atoms with Crippen molar-refractivity contribution >= 4 is 22.9 Å². The molecule has 1 heterocycles. The number of benzene rings is 1. The molecule has 2 rings (SSSR count). The minimum absolute atomic E-state index is 0.0956. The molecular formula is C12H12ClFN2S. The Morgan fingerprint density at radius 3 is 2.76 bits per heavy atom. The number of halogens is 2. The molecule has 0 aliphatic heterocycles. The molecule has 90 valence electrons. The van der Waals surface area contributed by atoms with Crippen LogP contribution in [0, 0.1) is 12.7 Å². The predicted octanol–water partition coefficient (Wildman–Crippen LogP) is 3.55. The van der Waals surface area contributed by atoms with Crippen molar-refractivity contribution in [3.8, 4) is 0 Å². The first-order valence-corrected chi connectivity index (χ1v) is 6.42. The number of nitrogens with zero attached hydrogens (tertiary/aromatic N) is 1. The van der Waals surface area contributed by atoms with Crippen LogP contribution in [0.1, 0.15) is 22.3 Å².